The predicted molar refractivity (Wildman–Crippen MR) is 111 cm³/mol. The number of carbonyl (C=O) groups is 1. The lowest BCUT2D eigenvalue weighted by atomic mass is 10.0. The second-order valence-electron chi connectivity index (χ2n) is 7.09. The van der Waals surface area contributed by atoms with Gasteiger partial charge in [-0.3, -0.25) is 0 Å². The van der Waals surface area contributed by atoms with Gasteiger partial charge in [0.2, 0.25) is 0 Å². The van der Waals surface area contributed by atoms with Crippen LogP contribution in [0.5, 0.6) is 0 Å². The van der Waals surface area contributed by atoms with Gasteiger partial charge in [-0.15, -0.1) is 11.8 Å². The minimum Gasteiger partial charge on any atom is -0.478 e. The Morgan fingerprint density at radius 2 is 2.21 bits per heavy atom. The van der Waals surface area contributed by atoms with Gasteiger partial charge >= 0.3 is 5.97 Å². The lowest BCUT2D eigenvalue weighted by Crippen LogP contribution is -2.50. The third kappa shape index (κ3) is 4.94. The zero-order valence-electron chi connectivity index (χ0n) is 16.7. The van der Waals surface area contributed by atoms with Gasteiger partial charge in [0.25, 0.3) is 0 Å². The first-order valence-corrected chi connectivity index (χ1v) is 10.7. The van der Waals surface area contributed by atoms with E-state index in [9.17, 15) is 19.4 Å². The smallest absolute Gasteiger partial charge is 0.334 e. The maximum atomic E-state index is 13.8. The van der Waals surface area contributed by atoms with Crippen LogP contribution < -0.4 is 0 Å². The molecule has 0 bridgehead atoms. The fourth-order valence-electron chi connectivity index (χ4n) is 3.74. The summed E-state index contributed by atoms with van der Waals surface area (Å²) in [4.78, 5) is 16.2. The Kier molecular flexibility index (Phi) is 7.21. The molecule has 3 rings (SSSR count). The van der Waals surface area contributed by atoms with E-state index in [-0.39, 0.29) is 18.5 Å². The van der Waals surface area contributed by atoms with Crippen LogP contribution in [0.1, 0.15) is 19.4 Å². The van der Waals surface area contributed by atoms with Crippen LogP contribution in [-0.2, 0) is 16.1 Å². The number of nitrogens with zero attached hydrogens (tertiary/aromatic N) is 2. The molecule has 0 aromatic heterocycles. The third-order valence-electron chi connectivity index (χ3n) is 5.06. The van der Waals surface area contributed by atoms with Gasteiger partial charge < -0.3 is 24.7 Å². The molecule has 0 aliphatic carbocycles. The largest absolute Gasteiger partial charge is 0.478 e. The van der Waals surface area contributed by atoms with Crippen molar-refractivity contribution in [2.45, 2.75) is 31.9 Å². The summed E-state index contributed by atoms with van der Waals surface area (Å²) in [6, 6.07) is 6.38. The second kappa shape index (κ2) is 9.65. The Labute approximate surface area is 174 Å². The lowest BCUT2D eigenvalue weighted by molar-refractivity contribution is -0.133. The molecule has 29 heavy (non-hydrogen) atoms. The highest BCUT2D eigenvalue weighted by atomic mass is 32.2. The number of thioether (sulfide) groups is 1. The van der Waals surface area contributed by atoms with Gasteiger partial charge in [-0.05, 0) is 42.0 Å². The van der Waals surface area contributed by atoms with Crippen molar-refractivity contribution in [3.63, 3.8) is 0 Å². The van der Waals surface area contributed by atoms with Gasteiger partial charge in [0.05, 0.1) is 24.9 Å². The average molecular weight is 423 g/mol. The standard InChI is InChI=1S/C21H27FN2O4S/c1-3-29-20-19(21(26)27)14(2)9-18(23-7-8-28-17(12-23)13-25)24(20)11-15-5-4-6-16(22)10-15/h4-6,9-10,17,20,25H,3,7-8,11-13H2,1-2H3,(H,26,27)/t17-,20?/m1/s1. The molecule has 1 unspecified atom stereocenters. The minimum absolute atomic E-state index is 0.0734. The Morgan fingerprint density at radius 1 is 1.41 bits per heavy atom. The zero-order valence-corrected chi connectivity index (χ0v) is 17.5. The number of hydrogen-bond donors (Lipinski definition) is 2. The number of aliphatic carboxylic acids is 1. The number of hydrogen-bond acceptors (Lipinski definition) is 6. The minimum atomic E-state index is -0.941. The van der Waals surface area contributed by atoms with Crippen LogP contribution >= 0.6 is 11.8 Å². The highest BCUT2D eigenvalue weighted by molar-refractivity contribution is 8.00. The van der Waals surface area contributed by atoms with Gasteiger partial charge in [-0.2, -0.15) is 0 Å². The first kappa shape index (κ1) is 21.7. The molecule has 1 aromatic rings. The molecule has 2 atom stereocenters. The SMILES string of the molecule is CCSC1C(C(=O)O)=C(C)C=C(N2CCO[C@@H](CO)C2)N1Cc1cccc(F)c1. The number of carboxylic acids is 1. The number of aliphatic hydroxyl groups is 1. The van der Waals surface area contributed by atoms with Gasteiger partial charge in [0.1, 0.15) is 17.0 Å². The number of aliphatic hydroxyl groups excluding tert-OH is 1. The van der Waals surface area contributed by atoms with Gasteiger partial charge in [0, 0.05) is 19.6 Å². The molecule has 1 aromatic carbocycles. The predicted octanol–water partition coefficient (Wildman–Crippen LogP) is 2.66. The molecule has 158 valence electrons. The van der Waals surface area contributed by atoms with Crippen molar-refractivity contribution in [2.24, 2.45) is 0 Å². The molecular formula is C21H27FN2O4S. The number of halogens is 1. The van der Waals surface area contributed by atoms with E-state index in [1.165, 1.54) is 12.1 Å². The second-order valence-corrected chi connectivity index (χ2v) is 8.45. The fraction of sp³-hybridized carbons (Fsp3) is 0.476. The summed E-state index contributed by atoms with van der Waals surface area (Å²) in [5.74, 6) is 0.360. The van der Waals surface area contributed by atoms with Crippen LogP contribution in [0.15, 0.2) is 47.3 Å². The molecule has 2 aliphatic rings. The van der Waals surface area contributed by atoms with E-state index in [1.54, 1.807) is 17.8 Å². The van der Waals surface area contributed by atoms with E-state index in [0.717, 1.165) is 17.1 Å². The highest BCUT2D eigenvalue weighted by Gasteiger charge is 2.36. The number of allylic oxidation sites excluding steroid dienone is 2. The summed E-state index contributed by atoms with van der Waals surface area (Å²) < 4.78 is 19.4. The number of rotatable bonds is 7. The Morgan fingerprint density at radius 3 is 2.86 bits per heavy atom. The summed E-state index contributed by atoms with van der Waals surface area (Å²) in [6.45, 7) is 5.76. The van der Waals surface area contributed by atoms with Crippen LogP contribution in [0.3, 0.4) is 0 Å². The maximum Gasteiger partial charge on any atom is 0.334 e. The van der Waals surface area contributed by atoms with Gasteiger partial charge in [-0.25, -0.2) is 9.18 Å². The van der Waals surface area contributed by atoms with Gasteiger partial charge in [-0.1, -0.05) is 19.1 Å². The van der Waals surface area contributed by atoms with Gasteiger partial charge in [0.15, 0.2) is 0 Å². The quantitative estimate of drug-likeness (QED) is 0.700. The summed E-state index contributed by atoms with van der Waals surface area (Å²) in [5, 5.41) is 19.0. The van der Waals surface area contributed by atoms with Crippen molar-refractivity contribution >= 4 is 17.7 Å². The van der Waals surface area contributed by atoms with Crippen molar-refractivity contribution in [3.05, 3.63) is 58.7 Å². The maximum absolute atomic E-state index is 13.8. The third-order valence-corrected chi connectivity index (χ3v) is 6.20. The number of morpholine rings is 1. The fourth-order valence-corrected chi connectivity index (χ4v) is 4.87. The highest BCUT2D eigenvalue weighted by Crippen LogP contribution is 2.36. The topological polar surface area (TPSA) is 73.2 Å². The lowest BCUT2D eigenvalue weighted by Gasteiger charge is -2.45. The summed E-state index contributed by atoms with van der Waals surface area (Å²) in [5.41, 5.74) is 1.83. The molecular weight excluding hydrogens is 395 g/mol. The monoisotopic (exact) mass is 422 g/mol. The van der Waals surface area contributed by atoms with Crippen LogP contribution in [0, 0.1) is 5.82 Å². The normalized spacial score (nSPS) is 22.7. The molecule has 2 aliphatic heterocycles. The first-order valence-electron chi connectivity index (χ1n) is 9.70. The summed E-state index contributed by atoms with van der Waals surface area (Å²) >= 11 is 1.54. The summed E-state index contributed by atoms with van der Waals surface area (Å²) in [6.07, 6.45) is 1.60. The Bertz CT molecular complexity index is 814. The molecule has 2 heterocycles. The number of ether oxygens (including phenoxy) is 1. The molecule has 2 N–H and O–H groups in total. The number of carboxylic acid groups (broad SMARTS) is 1. The van der Waals surface area contributed by atoms with Crippen molar-refractivity contribution < 1.29 is 24.1 Å². The van der Waals surface area contributed by atoms with E-state index < -0.39 is 11.3 Å². The van der Waals surface area contributed by atoms with Crippen LogP contribution in [0.25, 0.3) is 0 Å². The van der Waals surface area contributed by atoms with E-state index >= 15 is 0 Å². The van der Waals surface area contributed by atoms with Crippen molar-refractivity contribution in [2.75, 3.05) is 32.1 Å². The van der Waals surface area contributed by atoms with Crippen LogP contribution in [-0.4, -0.2) is 69.5 Å². The summed E-state index contributed by atoms with van der Waals surface area (Å²) in [7, 11) is 0. The van der Waals surface area contributed by atoms with E-state index in [2.05, 4.69) is 4.90 Å². The van der Waals surface area contributed by atoms with E-state index in [4.69, 9.17) is 4.74 Å². The molecule has 0 radical (unpaired) electrons. The Balaban J connectivity index is 2.02. The zero-order chi connectivity index (χ0) is 21.0. The van der Waals surface area contributed by atoms with E-state index in [1.807, 2.05) is 30.9 Å². The van der Waals surface area contributed by atoms with Crippen molar-refractivity contribution in [1.82, 2.24) is 9.80 Å². The molecule has 0 saturated carbocycles. The van der Waals surface area contributed by atoms with Crippen LogP contribution in [0.4, 0.5) is 4.39 Å². The number of benzene rings is 1. The molecule has 0 amide bonds. The molecule has 8 heteroatoms. The average Bonchev–Trinajstić information content (AvgIpc) is 2.69. The van der Waals surface area contributed by atoms with Crippen molar-refractivity contribution in [3.8, 4) is 0 Å². The molecule has 1 saturated heterocycles. The van der Waals surface area contributed by atoms with Crippen LogP contribution in [0.2, 0.25) is 0 Å². The van der Waals surface area contributed by atoms with E-state index in [0.29, 0.717) is 37.4 Å². The Hall–Kier alpha value is -2.03. The molecule has 6 nitrogen and oxygen atoms in total. The first-order chi connectivity index (χ1) is 13.9. The van der Waals surface area contributed by atoms with Crippen molar-refractivity contribution in [1.29, 1.82) is 0 Å². The molecule has 1 fully saturated rings. The molecule has 0 spiro atoms.